The van der Waals surface area contributed by atoms with Crippen molar-refractivity contribution in [2.75, 3.05) is 32.1 Å². The lowest BCUT2D eigenvalue weighted by atomic mass is 10.6. The Kier molecular flexibility index (Phi) is 6.12. The van der Waals surface area contributed by atoms with Crippen LogP contribution < -0.4 is 5.32 Å². The summed E-state index contributed by atoms with van der Waals surface area (Å²) in [6.07, 6.45) is 2.03. The topological polar surface area (TPSA) is 32.3 Å². The summed E-state index contributed by atoms with van der Waals surface area (Å²) in [6.45, 7) is 3.43. The molecule has 0 atom stereocenters. The fourth-order valence-corrected chi connectivity index (χ4v) is 1.07. The van der Waals surface area contributed by atoms with Crippen LogP contribution in [0.2, 0.25) is 0 Å². The first-order valence-corrected chi connectivity index (χ1v) is 5.09. The number of nitrogens with one attached hydrogen (secondary N) is 1. The second kappa shape index (κ2) is 6.34. The Labute approximate surface area is 72.5 Å². The zero-order valence-electron chi connectivity index (χ0n) is 7.39. The summed E-state index contributed by atoms with van der Waals surface area (Å²) in [6, 6.07) is 0.0153. The largest absolute Gasteiger partial charge is 0.338 e. The van der Waals surface area contributed by atoms with Gasteiger partial charge in [0.15, 0.2) is 0 Å². The maximum Gasteiger partial charge on any atom is 0.317 e. The Hall–Kier alpha value is -0.380. The number of carbonyl (C=O) groups excluding carboxylic acids is 1. The van der Waals surface area contributed by atoms with Crippen molar-refractivity contribution in [3.05, 3.63) is 0 Å². The molecule has 66 valence electrons. The number of thioether (sulfide) groups is 1. The van der Waals surface area contributed by atoms with Gasteiger partial charge in [-0.05, 0) is 13.2 Å². The molecule has 0 aromatic carbocycles. The zero-order chi connectivity index (χ0) is 8.69. The van der Waals surface area contributed by atoms with E-state index in [9.17, 15) is 4.79 Å². The van der Waals surface area contributed by atoms with E-state index in [4.69, 9.17) is 0 Å². The van der Waals surface area contributed by atoms with Gasteiger partial charge in [0.25, 0.3) is 0 Å². The molecule has 0 spiro atoms. The molecule has 4 heteroatoms. The molecule has 11 heavy (non-hydrogen) atoms. The molecule has 2 amide bonds. The number of hydrogen-bond acceptors (Lipinski definition) is 2. The fraction of sp³-hybridized carbons (Fsp3) is 0.857. The van der Waals surface area contributed by atoms with Gasteiger partial charge in [0, 0.05) is 25.9 Å². The first kappa shape index (κ1) is 10.6. The molecule has 0 bridgehead atoms. The predicted molar refractivity (Wildman–Crippen MR) is 50.1 cm³/mol. The third-order valence-corrected chi connectivity index (χ3v) is 1.90. The van der Waals surface area contributed by atoms with Crippen LogP contribution in [0.5, 0.6) is 0 Å². The van der Waals surface area contributed by atoms with Crippen molar-refractivity contribution >= 4 is 17.8 Å². The molecule has 0 heterocycles. The van der Waals surface area contributed by atoms with Crippen LogP contribution in [0.25, 0.3) is 0 Å². The van der Waals surface area contributed by atoms with Crippen LogP contribution in [-0.2, 0) is 0 Å². The van der Waals surface area contributed by atoms with Gasteiger partial charge in [-0.2, -0.15) is 11.8 Å². The quantitative estimate of drug-likeness (QED) is 0.693. The van der Waals surface area contributed by atoms with Gasteiger partial charge in [-0.25, -0.2) is 4.79 Å². The Morgan fingerprint density at radius 3 is 2.73 bits per heavy atom. The van der Waals surface area contributed by atoms with E-state index < -0.39 is 0 Å². The molecule has 0 saturated heterocycles. The van der Waals surface area contributed by atoms with Crippen LogP contribution in [0.3, 0.4) is 0 Å². The van der Waals surface area contributed by atoms with Crippen molar-refractivity contribution in [2.24, 2.45) is 0 Å². The lowest BCUT2D eigenvalue weighted by Gasteiger charge is -2.16. The van der Waals surface area contributed by atoms with Crippen LogP contribution in [-0.4, -0.2) is 43.1 Å². The summed E-state index contributed by atoms with van der Waals surface area (Å²) in [4.78, 5) is 12.7. The Balaban J connectivity index is 3.46. The van der Waals surface area contributed by atoms with Crippen LogP contribution in [0.15, 0.2) is 0 Å². The lowest BCUT2D eigenvalue weighted by molar-refractivity contribution is 0.212. The number of rotatable bonds is 4. The van der Waals surface area contributed by atoms with Crippen molar-refractivity contribution < 1.29 is 4.79 Å². The number of hydrogen-bond donors (Lipinski definition) is 1. The first-order chi connectivity index (χ1) is 5.22. The van der Waals surface area contributed by atoms with E-state index in [0.717, 1.165) is 12.3 Å². The fourth-order valence-electron chi connectivity index (χ4n) is 0.616. The molecule has 0 radical (unpaired) electrons. The number of carbonyl (C=O) groups is 1. The second-order valence-electron chi connectivity index (χ2n) is 2.25. The number of amides is 2. The van der Waals surface area contributed by atoms with Gasteiger partial charge in [-0.3, -0.25) is 0 Å². The van der Waals surface area contributed by atoms with E-state index in [1.807, 2.05) is 13.2 Å². The minimum atomic E-state index is 0.0153. The summed E-state index contributed by atoms with van der Waals surface area (Å²) in [5.74, 6) is 0.994. The third-order valence-electron chi connectivity index (χ3n) is 1.31. The van der Waals surface area contributed by atoms with E-state index >= 15 is 0 Å². The van der Waals surface area contributed by atoms with Crippen molar-refractivity contribution in [1.82, 2.24) is 10.2 Å². The maximum atomic E-state index is 11.1. The average Bonchev–Trinajstić information content (AvgIpc) is 2.00. The van der Waals surface area contributed by atoms with E-state index in [-0.39, 0.29) is 6.03 Å². The average molecular weight is 176 g/mol. The van der Waals surface area contributed by atoms with E-state index in [0.29, 0.717) is 6.54 Å². The summed E-state index contributed by atoms with van der Waals surface area (Å²) >= 11 is 1.74. The summed E-state index contributed by atoms with van der Waals surface area (Å²) < 4.78 is 0. The molecule has 0 aliphatic heterocycles. The van der Waals surface area contributed by atoms with Gasteiger partial charge < -0.3 is 10.2 Å². The molecule has 0 rings (SSSR count). The van der Waals surface area contributed by atoms with Gasteiger partial charge >= 0.3 is 6.03 Å². The minimum absolute atomic E-state index is 0.0153. The van der Waals surface area contributed by atoms with Gasteiger partial charge in [0.05, 0.1) is 0 Å². The standard InChI is InChI=1S/C7H16N2OS/c1-4-8-7(10)9(2)5-6-11-3/h4-6H2,1-3H3,(H,8,10). The Morgan fingerprint density at radius 1 is 1.64 bits per heavy atom. The highest BCUT2D eigenvalue weighted by molar-refractivity contribution is 7.98. The van der Waals surface area contributed by atoms with Crippen LogP contribution in [0, 0.1) is 0 Å². The van der Waals surface area contributed by atoms with Crippen molar-refractivity contribution in [2.45, 2.75) is 6.92 Å². The second-order valence-corrected chi connectivity index (χ2v) is 3.24. The smallest absolute Gasteiger partial charge is 0.317 e. The summed E-state index contributed by atoms with van der Waals surface area (Å²) in [5, 5.41) is 2.73. The van der Waals surface area contributed by atoms with Crippen LogP contribution in [0.4, 0.5) is 4.79 Å². The molecule has 0 unspecified atom stereocenters. The van der Waals surface area contributed by atoms with Gasteiger partial charge in [0.1, 0.15) is 0 Å². The van der Waals surface area contributed by atoms with Crippen molar-refractivity contribution in [1.29, 1.82) is 0 Å². The molecule has 3 nitrogen and oxygen atoms in total. The molecule has 0 aliphatic carbocycles. The van der Waals surface area contributed by atoms with Crippen LogP contribution in [0.1, 0.15) is 6.92 Å². The summed E-state index contributed by atoms with van der Waals surface area (Å²) in [7, 11) is 1.81. The Morgan fingerprint density at radius 2 is 2.27 bits per heavy atom. The van der Waals surface area contributed by atoms with Crippen LogP contribution >= 0.6 is 11.8 Å². The number of urea groups is 1. The maximum absolute atomic E-state index is 11.1. The molecule has 0 fully saturated rings. The number of nitrogens with zero attached hydrogens (tertiary/aromatic N) is 1. The van der Waals surface area contributed by atoms with Crippen molar-refractivity contribution in [3.63, 3.8) is 0 Å². The van der Waals surface area contributed by atoms with Gasteiger partial charge in [-0.15, -0.1) is 0 Å². The van der Waals surface area contributed by atoms with Gasteiger partial charge in [0.2, 0.25) is 0 Å². The monoisotopic (exact) mass is 176 g/mol. The molecule has 0 aromatic rings. The molecule has 1 N–H and O–H groups in total. The lowest BCUT2D eigenvalue weighted by Crippen LogP contribution is -2.38. The van der Waals surface area contributed by atoms with E-state index in [1.165, 1.54) is 0 Å². The minimum Gasteiger partial charge on any atom is -0.338 e. The van der Waals surface area contributed by atoms with Gasteiger partial charge in [-0.1, -0.05) is 0 Å². The highest BCUT2D eigenvalue weighted by Crippen LogP contribution is 1.92. The van der Waals surface area contributed by atoms with E-state index in [2.05, 4.69) is 5.32 Å². The highest BCUT2D eigenvalue weighted by Gasteiger charge is 2.04. The molecule has 0 aromatic heterocycles. The van der Waals surface area contributed by atoms with E-state index in [1.54, 1.807) is 23.7 Å². The molecular weight excluding hydrogens is 160 g/mol. The predicted octanol–water partition coefficient (Wildman–Crippen LogP) is 1.01. The zero-order valence-corrected chi connectivity index (χ0v) is 8.20. The molecule has 0 aliphatic rings. The SMILES string of the molecule is CCNC(=O)N(C)CCSC. The highest BCUT2D eigenvalue weighted by atomic mass is 32.2. The summed E-state index contributed by atoms with van der Waals surface area (Å²) in [5.41, 5.74) is 0. The molecule has 0 saturated carbocycles. The normalized spacial score (nSPS) is 9.36. The Bertz CT molecular complexity index is 119. The van der Waals surface area contributed by atoms with Crippen molar-refractivity contribution in [3.8, 4) is 0 Å². The first-order valence-electron chi connectivity index (χ1n) is 3.70. The third kappa shape index (κ3) is 4.95. The molecular formula is C7H16N2OS.